The molecule has 2 heterocycles. The minimum atomic E-state index is 0.962. The van der Waals surface area contributed by atoms with Gasteiger partial charge in [-0.15, -0.1) is 0 Å². The van der Waals surface area contributed by atoms with E-state index in [0.29, 0.717) is 0 Å². The van der Waals surface area contributed by atoms with E-state index < -0.39 is 0 Å². The first-order valence-corrected chi connectivity index (χ1v) is 4.68. The Morgan fingerprint density at radius 1 is 1.54 bits per heavy atom. The van der Waals surface area contributed by atoms with Gasteiger partial charge in [0, 0.05) is 25.5 Å². The third kappa shape index (κ3) is 2.18. The molecule has 0 aliphatic carbocycles. The molecule has 0 radical (unpaired) electrons. The predicted molar refractivity (Wildman–Crippen MR) is 52.2 cm³/mol. The molecule has 3 heteroatoms. The van der Waals surface area contributed by atoms with Crippen molar-refractivity contribution >= 4 is 0 Å². The van der Waals surface area contributed by atoms with Gasteiger partial charge in [0.25, 0.3) is 0 Å². The summed E-state index contributed by atoms with van der Waals surface area (Å²) in [4.78, 5) is 6.43. The third-order valence-corrected chi connectivity index (χ3v) is 2.44. The van der Waals surface area contributed by atoms with Crippen molar-refractivity contribution in [3.63, 3.8) is 0 Å². The van der Waals surface area contributed by atoms with Crippen LogP contribution in [0.15, 0.2) is 30.4 Å². The lowest BCUT2D eigenvalue weighted by Crippen LogP contribution is -2.30. The molecule has 0 bridgehead atoms. The van der Waals surface area contributed by atoms with Gasteiger partial charge in [0.15, 0.2) is 0 Å². The van der Waals surface area contributed by atoms with Crippen molar-refractivity contribution in [2.45, 2.75) is 20.0 Å². The van der Waals surface area contributed by atoms with Gasteiger partial charge in [0.05, 0.1) is 13.0 Å². The summed E-state index contributed by atoms with van der Waals surface area (Å²) < 4.78 is 2.11. The van der Waals surface area contributed by atoms with Crippen molar-refractivity contribution < 1.29 is 0 Å². The van der Waals surface area contributed by atoms with Gasteiger partial charge >= 0.3 is 0 Å². The molecule has 0 saturated carbocycles. The maximum Gasteiger partial charge on any atom is 0.0956 e. The first-order valence-electron chi connectivity index (χ1n) is 4.68. The van der Waals surface area contributed by atoms with E-state index in [1.807, 2.05) is 18.7 Å². The molecule has 0 saturated heterocycles. The molecule has 0 spiro atoms. The van der Waals surface area contributed by atoms with Crippen molar-refractivity contribution in [2.24, 2.45) is 0 Å². The largest absolute Gasteiger partial charge is 0.324 e. The van der Waals surface area contributed by atoms with Gasteiger partial charge in [0.1, 0.15) is 0 Å². The summed E-state index contributed by atoms with van der Waals surface area (Å²) >= 11 is 0. The molecule has 1 aliphatic heterocycles. The van der Waals surface area contributed by atoms with Gasteiger partial charge in [-0.05, 0) is 13.3 Å². The summed E-state index contributed by atoms with van der Waals surface area (Å²) in [6, 6.07) is 0. The van der Waals surface area contributed by atoms with Gasteiger partial charge in [-0.2, -0.15) is 0 Å². The van der Waals surface area contributed by atoms with Crippen molar-refractivity contribution in [1.29, 1.82) is 0 Å². The van der Waals surface area contributed by atoms with Crippen LogP contribution in [-0.4, -0.2) is 27.5 Å². The Kier molecular flexibility index (Phi) is 2.45. The molecule has 1 aromatic rings. The van der Waals surface area contributed by atoms with E-state index in [0.717, 1.165) is 13.2 Å². The first kappa shape index (κ1) is 8.51. The van der Waals surface area contributed by atoms with Crippen LogP contribution >= 0.6 is 0 Å². The monoisotopic (exact) mass is 177 g/mol. The van der Waals surface area contributed by atoms with Crippen LogP contribution in [0.25, 0.3) is 0 Å². The zero-order valence-electron chi connectivity index (χ0n) is 7.98. The molecule has 3 nitrogen and oxygen atoms in total. The van der Waals surface area contributed by atoms with Gasteiger partial charge in [-0.25, -0.2) is 4.98 Å². The normalized spacial score (nSPS) is 18.7. The lowest BCUT2D eigenvalue weighted by Gasteiger charge is -2.25. The van der Waals surface area contributed by atoms with E-state index in [9.17, 15) is 0 Å². The predicted octanol–water partition coefficient (Wildman–Crippen LogP) is 1.49. The SMILES string of the molecule is CC1=CCN(Cn2ccnc2)CC1. The number of aromatic nitrogens is 2. The zero-order valence-corrected chi connectivity index (χ0v) is 7.98. The lowest BCUT2D eigenvalue weighted by molar-refractivity contribution is 0.235. The standard InChI is InChI=1S/C10H15N3/c1-10-2-5-12(6-3-10)9-13-7-4-11-8-13/h2,4,7-8H,3,5-6,9H2,1H3. The molecule has 13 heavy (non-hydrogen) atoms. The Labute approximate surface area is 78.7 Å². The van der Waals surface area contributed by atoms with Crippen LogP contribution in [0.4, 0.5) is 0 Å². The summed E-state index contributed by atoms with van der Waals surface area (Å²) in [5.74, 6) is 0. The quantitative estimate of drug-likeness (QED) is 0.638. The molecular formula is C10H15N3. The number of rotatable bonds is 2. The van der Waals surface area contributed by atoms with Gasteiger partial charge in [-0.1, -0.05) is 11.6 Å². The van der Waals surface area contributed by atoms with Crippen LogP contribution in [-0.2, 0) is 6.67 Å². The summed E-state index contributed by atoms with van der Waals surface area (Å²) in [6.45, 7) is 5.41. The molecule has 1 aliphatic rings. The molecule has 2 rings (SSSR count). The van der Waals surface area contributed by atoms with Crippen LogP contribution in [0.1, 0.15) is 13.3 Å². The molecule has 0 N–H and O–H groups in total. The topological polar surface area (TPSA) is 21.1 Å². The van der Waals surface area contributed by atoms with Gasteiger partial charge in [0.2, 0.25) is 0 Å². The molecule has 70 valence electrons. The van der Waals surface area contributed by atoms with Crippen LogP contribution in [0.2, 0.25) is 0 Å². The van der Waals surface area contributed by atoms with Crippen molar-refractivity contribution in [1.82, 2.24) is 14.5 Å². The molecule has 0 fully saturated rings. The van der Waals surface area contributed by atoms with E-state index in [4.69, 9.17) is 0 Å². The minimum absolute atomic E-state index is 0.962. The smallest absolute Gasteiger partial charge is 0.0956 e. The second kappa shape index (κ2) is 3.75. The molecular weight excluding hydrogens is 162 g/mol. The Morgan fingerprint density at radius 3 is 3.08 bits per heavy atom. The number of nitrogens with zero attached hydrogens (tertiary/aromatic N) is 3. The van der Waals surface area contributed by atoms with E-state index >= 15 is 0 Å². The Morgan fingerprint density at radius 2 is 2.46 bits per heavy atom. The Hall–Kier alpha value is -1.09. The Bertz CT molecular complexity index is 287. The van der Waals surface area contributed by atoms with Crippen molar-refractivity contribution in [3.8, 4) is 0 Å². The fraction of sp³-hybridized carbons (Fsp3) is 0.500. The van der Waals surface area contributed by atoms with Crippen LogP contribution < -0.4 is 0 Å². The maximum absolute atomic E-state index is 4.02. The number of hydrogen-bond donors (Lipinski definition) is 0. The highest BCUT2D eigenvalue weighted by atomic mass is 15.2. The van der Waals surface area contributed by atoms with E-state index in [1.165, 1.54) is 18.5 Å². The first-order chi connectivity index (χ1) is 6.34. The van der Waals surface area contributed by atoms with Gasteiger partial charge < -0.3 is 4.57 Å². The average Bonchev–Trinajstić information content (AvgIpc) is 2.62. The molecule has 0 amide bonds. The molecule has 1 aromatic heterocycles. The average molecular weight is 177 g/mol. The minimum Gasteiger partial charge on any atom is -0.324 e. The highest BCUT2D eigenvalue weighted by molar-refractivity contribution is 5.03. The van der Waals surface area contributed by atoms with Gasteiger partial charge in [-0.3, -0.25) is 4.90 Å². The lowest BCUT2D eigenvalue weighted by atomic mass is 10.1. The number of hydrogen-bond acceptors (Lipinski definition) is 2. The van der Waals surface area contributed by atoms with Crippen LogP contribution in [0, 0.1) is 0 Å². The van der Waals surface area contributed by atoms with Crippen molar-refractivity contribution in [2.75, 3.05) is 13.1 Å². The summed E-state index contributed by atoms with van der Waals surface area (Å²) in [7, 11) is 0. The highest BCUT2D eigenvalue weighted by Gasteiger charge is 2.08. The van der Waals surface area contributed by atoms with E-state index in [2.05, 4.69) is 27.5 Å². The van der Waals surface area contributed by atoms with Crippen LogP contribution in [0.5, 0.6) is 0 Å². The molecule has 0 atom stereocenters. The van der Waals surface area contributed by atoms with E-state index in [-0.39, 0.29) is 0 Å². The third-order valence-electron chi connectivity index (χ3n) is 2.44. The zero-order chi connectivity index (χ0) is 9.10. The van der Waals surface area contributed by atoms with Crippen LogP contribution in [0.3, 0.4) is 0 Å². The maximum atomic E-state index is 4.02. The fourth-order valence-electron chi connectivity index (χ4n) is 1.54. The fourth-order valence-corrected chi connectivity index (χ4v) is 1.54. The summed E-state index contributed by atoms with van der Waals surface area (Å²) in [5, 5.41) is 0. The number of imidazole rings is 1. The molecule has 0 unspecified atom stereocenters. The van der Waals surface area contributed by atoms with E-state index in [1.54, 1.807) is 0 Å². The second-order valence-electron chi connectivity index (χ2n) is 3.60. The summed E-state index contributed by atoms with van der Waals surface area (Å²) in [5.41, 5.74) is 1.52. The second-order valence-corrected chi connectivity index (χ2v) is 3.60. The highest BCUT2D eigenvalue weighted by Crippen LogP contribution is 2.09. The van der Waals surface area contributed by atoms with Crippen molar-refractivity contribution in [3.05, 3.63) is 30.4 Å². The molecule has 0 aromatic carbocycles. The Balaban J connectivity index is 1.90. The summed E-state index contributed by atoms with van der Waals surface area (Å²) in [6.07, 6.45) is 9.20.